The lowest BCUT2D eigenvalue weighted by Gasteiger charge is -2.08. The van der Waals surface area contributed by atoms with Gasteiger partial charge in [-0.15, -0.1) is 0 Å². The molecule has 106 valence electrons. The number of hydrogen-bond acceptors (Lipinski definition) is 5. The summed E-state index contributed by atoms with van der Waals surface area (Å²) in [5.74, 6) is -0.364. The minimum atomic E-state index is -3.96. The third kappa shape index (κ3) is 3.28. The van der Waals surface area contributed by atoms with Crippen LogP contribution in [0.3, 0.4) is 0 Å². The Morgan fingerprint density at radius 3 is 2.75 bits per heavy atom. The molecule has 0 fully saturated rings. The number of aromatic nitrogens is 2. The molecular formula is C12H13FN4O2S. The van der Waals surface area contributed by atoms with Crippen molar-refractivity contribution in [2.45, 2.75) is 18.4 Å². The molecule has 1 heterocycles. The molecule has 0 saturated heterocycles. The van der Waals surface area contributed by atoms with Gasteiger partial charge in [-0.25, -0.2) is 27.5 Å². The van der Waals surface area contributed by atoms with Gasteiger partial charge in [-0.2, -0.15) is 0 Å². The highest BCUT2D eigenvalue weighted by Crippen LogP contribution is 2.17. The van der Waals surface area contributed by atoms with Crippen molar-refractivity contribution in [2.75, 3.05) is 5.73 Å². The smallest absolute Gasteiger partial charge is 0.243 e. The van der Waals surface area contributed by atoms with E-state index in [1.807, 2.05) is 0 Å². The summed E-state index contributed by atoms with van der Waals surface area (Å²) in [4.78, 5) is 7.51. The lowest BCUT2D eigenvalue weighted by Crippen LogP contribution is -2.24. The Kier molecular flexibility index (Phi) is 3.96. The van der Waals surface area contributed by atoms with Gasteiger partial charge in [0.1, 0.15) is 16.5 Å². The molecule has 0 amide bonds. The highest BCUT2D eigenvalue weighted by Gasteiger charge is 2.18. The summed E-state index contributed by atoms with van der Waals surface area (Å²) in [5.41, 5.74) is 6.04. The number of hydrogen-bond donors (Lipinski definition) is 2. The van der Waals surface area contributed by atoms with Gasteiger partial charge in [0.25, 0.3) is 0 Å². The third-order valence-electron chi connectivity index (χ3n) is 2.52. The number of rotatable bonds is 4. The average Bonchev–Trinajstić information content (AvgIpc) is 2.36. The summed E-state index contributed by atoms with van der Waals surface area (Å²) >= 11 is 0. The monoisotopic (exact) mass is 296 g/mol. The fraction of sp³-hybridized carbons (Fsp3) is 0.167. The average molecular weight is 296 g/mol. The Morgan fingerprint density at radius 2 is 2.10 bits per heavy atom. The van der Waals surface area contributed by atoms with E-state index in [2.05, 4.69) is 14.7 Å². The van der Waals surface area contributed by atoms with Crippen LogP contribution in [0.4, 0.5) is 10.1 Å². The molecule has 1 aromatic carbocycles. The van der Waals surface area contributed by atoms with Crippen LogP contribution in [-0.4, -0.2) is 18.4 Å². The van der Waals surface area contributed by atoms with E-state index in [1.165, 1.54) is 12.3 Å². The zero-order chi connectivity index (χ0) is 14.8. The summed E-state index contributed by atoms with van der Waals surface area (Å²) in [7, 11) is -3.96. The van der Waals surface area contributed by atoms with Gasteiger partial charge >= 0.3 is 0 Å². The quantitative estimate of drug-likeness (QED) is 0.820. The van der Waals surface area contributed by atoms with Gasteiger partial charge in [0.2, 0.25) is 10.0 Å². The number of anilines is 1. The van der Waals surface area contributed by atoms with Gasteiger partial charge in [0.15, 0.2) is 0 Å². The summed E-state index contributed by atoms with van der Waals surface area (Å²) in [6, 6.07) is 4.99. The van der Waals surface area contributed by atoms with Gasteiger partial charge in [0.05, 0.1) is 12.2 Å². The van der Waals surface area contributed by atoms with Crippen molar-refractivity contribution in [3.63, 3.8) is 0 Å². The molecule has 0 saturated carbocycles. The fourth-order valence-electron chi connectivity index (χ4n) is 1.59. The first-order chi connectivity index (χ1) is 9.38. The first kappa shape index (κ1) is 14.4. The second-order valence-corrected chi connectivity index (χ2v) is 5.84. The molecule has 0 spiro atoms. The second kappa shape index (κ2) is 5.51. The first-order valence-electron chi connectivity index (χ1n) is 5.72. The molecule has 0 aliphatic heterocycles. The van der Waals surface area contributed by atoms with Crippen LogP contribution in [0.2, 0.25) is 0 Å². The molecule has 0 aliphatic rings. The van der Waals surface area contributed by atoms with Crippen molar-refractivity contribution < 1.29 is 12.8 Å². The predicted octanol–water partition coefficient (Wildman–Crippen LogP) is 0.985. The fourth-order valence-corrected chi connectivity index (χ4v) is 2.64. The highest BCUT2D eigenvalue weighted by atomic mass is 32.2. The number of nitrogens with two attached hydrogens (primary N) is 1. The van der Waals surface area contributed by atoms with Crippen molar-refractivity contribution in [3.05, 3.63) is 47.8 Å². The van der Waals surface area contributed by atoms with Crippen LogP contribution in [0.5, 0.6) is 0 Å². The van der Waals surface area contributed by atoms with E-state index < -0.39 is 20.7 Å². The maximum atomic E-state index is 13.6. The minimum absolute atomic E-state index is 0.0461. The molecule has 1 aromatic heterocycles. The van der Waals surface area contributed by atoms with Crippen LogP contribution >= 0.6 is 0 Å². The van der Waals surface area contributed by atoms with E-state index in [0.717, 1.165) is 12.1 Å². The maximum absolute atomic E-state index is 13.6. The van der Waals surface area contributed by atoms with Crippen LogP contribution in [0.25, 0.3) is 0 Å². The van der Waals surface area contributed by atoms with Gasteiger partial charge in [-0.1, -0.05) is 0 Å². The van der Waals surface area contributed by atoms with E-state index in [-0.39, 0.29) is 12.2 Å². The molecule has 2 aromatic rings. The summed E-state index contributed by atoms with van der Waals surface area (Å²) in [6.45, 7) is 1.65. The van der Waals surface area contributed by atoms with Gasteiger partial charge in [-0.05, 0) is 31.2 Å². The molecule has 0 atom stereocenters. The molecule has 6 nitrogen and oxygen atoms in total. The van der Waals surface area contributed by atoms with Crippen LogP contribution in [-0.2, 0) is 16.6 Å². The van der Waals surface area contributed by atoms with Crippen molar-refractivity contribution >= 4 is 15.7 Å². The Bertz CT molecular complexity index is 734. The lowest BCUT2D eigenvalue weighted by molar-refractivity contribution is 0.556. The zero-order valence-electron chi connectivity index (χ0n) is 10.7. The number of nitrogens with one attached hydrogen (secondary N) is 1. The van der Waals surface area contributed by atoms with Crippen molar-refractivity contribution in [1.29, 1.82) is 0 Å². The number of nitrogen functional groups attached to an aromatic ring is 1. The molecule has 0 aliphatic carbocycles. The number of benzene rings is 1. The molecule has 2 rings (SSSR count). The Morgan fingerprint density at radius 1 is 1.35 bits per heavy atom. The summed E-state index contributed by atoms with van der Waals surface area (Å²) in [6.07, 6.45) is 1.52. The Balaban J connectivity index is 2.19. The van der Waals surface area contributed by atoms with E-state index in [4.69, 9.17) is 5.73 Å². The lowest BCUT2D eigenvalue weighted by atomic mass is 10.3. The molecule has 20 heavy (non-hydrogen) atoms. The van der Waals surface area contributed by atoms with Crippen molar-refractivity contribution in [1.82, 2.24) is 14.7 Å². The van der Waals surface area contributed by atoms with Crippen LogP contribution < -0.4 is 10.5 Å². The number of sulfonamides is 1. The van der Waals surface area contributed by atoms with E-state index in [0.29, 0.717) is 11.5 Å². The number of halogens is 1. The Hall–Kier alpha value is -2.06. The normalized spacial score (nSPS) is 11.5. The van der Waals surface area contributed by atoms with Crippen LogP contribution in [0.1, 0.15) is 11.5 Å². The molecule has 0 bridgehead atoms. The largest absolute Gasteiger partial charge is 0.399 e. The van der Waals surface area contributed by atoms with Gasteiger partial charge in [0, 0.05) is 11.9 Å². The third-order valence-corrected chi connectivity index (χ3v) is 3.96. The molecule has 0 radical (unpaired) electrons. The maximum Gasteiger partial charge on any atom is 0.243 e. The predicted molar refractivity (Wildman–Crippen MR) is 71.6 cm³/mol. The molecular weight excluding hydrogens is 283 g/mol. The van der Waals surface area contributed by atoms with Crippen molar-refractivity contribution in [2.24, 2.45) is 0 Å². The van der Waals surface area contributed by atoms with Crippen LogP contribution in [0.15, 0.2) is 35.4 Å². The summed E-state index contributed by atoms with van der Waals surface area (Å²) in [5, 5.41) is 0. The Labute approximate surface area is 115 Å². The topological polar surface area (TPSA) is 98.0 Å². The SMILES string of the molecule is Cc1nccc(CNS(=O)(=O)c2ccc(N)cc2F)n1. The van der Waals surface area contributed by atoms with Gasteiger partial charge in [-0.3, -0.25) is 0 Å². The number of aryl methyl sites for hydroxylation is 1. The van der Waals surface area contributed by atoms with Crippen molar-refractivity contribution in [3.8, 4) is 0 Å². The number of nitrogens with zero attached hydrogens (tertiary/aromatic N) is 2. The zero-order valence-corrected chi connectivity index (χ0v) is 11.5. The highest BCUT2D eigenvalue weighted by molar-refractivity contribution is 7.89. The molecule has 8 heteroatoms. The summed E-state index contributed by atoms with van der Waals surface area (Å²) < 4.78 is 39.9. The standard InChI is InChI=1S/C12H13FN4O2S/c1-8-15-5-4-10(17-8)7-16-20(18,19)12-3-2-9(14)6-11(12)13/h2-6,16H,7,14H2,1H3. The van der Waals surface area contributed by atoms with E-state index in [9.17, 15) is 12.8 Å². The first-order valence-corrected chi connectivity index (χ1v) is 7.20. The molecule has 3 N–H and O–H groups in total. The van der Waals surface area contributed by atoms with E-state index >= 15 is 0 Å². The second-order valence-electron chi connectivity index (χ2n) is 4.11. The van der Waals surface area contributed by atoms with E-state index in [1.54, 1.807) is 13.0 Å². The molecule has 0 unspecified atom stereocenters. The minimum Gasteiger partial charge on any atom is -0.399 e. The van der Waals surface area contributed by atoms with Gasteiger partial charge < -0.3 is 5.73 Å². The van der Waals surface area contributed by atoms with Crippen LogP contribution in [0, 0.1) is 12.7 Å².